The van der Waals surface area contributed by atoms with Crippen molar-refractivity contribution < 1.29 is 19.1 Å². The Morgan fingerprint density at radius 1 is 1.69 bits per heavy atom. The Bertz CT molecular complexity index is 536. The molecule has 2 rings (SSSR count). The first kappa shape index (κ1) is 10.5. The lowest BCUT2D eigenvalue weighted by Crippen LogP contribution is -2.28. The fraction of sp³-hybridized carbons (Fsp3) is 0.250. The summed E-state index contributed by atoms with van der Waals surface area (Å²) in [6, 6.07) is 1.78. The number of esters is 1. The normalized spacial score (nSPS) is 19.3. The van der Waals surface area contributed by atoms with Crippen LogP contribution in [0.3, 0.4) is 0 Å². The van der Waals surface area contributed by atoms with Gasteiger partial charge in [-0.2, -0.15) is 0 Å². The third-order valence-electron chi connectivity index (χ3n) is 2.46. The summed E-state index contributed by atoms with van der Waals surface area (Å²) in [5.74, 6) is -0.197. The molecule has 1 atom stereocenters. The zero-order chi connectivity index (χ0) is 11.5. The van der Waals surface area contributed by atoms with Gasteiger partial charge in [0.25, 0.3) is 0 Å². The lowest BCUT2D eigenvalue weighted by molar-refractivity contribution is -0.134. The lowest BCUT2D eigenvalue weighted by Gasteiger charge is -2.09. The van der Waals surface area contributed by atoms with E-state index in [0.717, 1.165) is 5.22 Å². The quantitative estimate of drug-likeness (QED) is 0.581. The van der Waals surface area contributed by atoms with Crippen molar-refractivity contribution >= 4 is 17.8 Å². The molecule has 16 heavy (non-hydrogen) atoms. The summed E-state index contributed by atoms with van der Waals surface area (Å²) in [5, 5.41) is 10.5. The highest BCUT2D eigenvalue weighted by atomic mass is 16.5. The molecule has 0 saturated carbocycles. The molecule has 0 saturated heterocycles. The molecule has 1 heterocycles. The van der Waals surface area contributed by atoms with Gasteiger partial charge in [-0.15, -0.1) is 0 Å². The van der Waals surface area contributed by atoms with E-state index in [0.29, 0.717) is 11.8 Å². The van der Waals surface area contributed by atoms with Crippen LogP contribution in [0.25, 0.3) is 11.8 Å². The molecule has 1 aliphatic rings. The Hall–Kier alpha value is -1.97. The van der Waals surface area contributed by atoms with E-state index in [9.17, 15) is 9.90 Å². The summed E-state index contributed by atoms with van der Waals surface area (Å²) >= 11 is 0. The van der Waals surface area contributed by atoms with Gasteiger partial charge in [0.2, 0.25) is 0 Å². The Balaban J connectivity index is 2.25. The van der Waals surface area contributed by atoms with E-state index in [1.807, 2.05) is 6.08 Å². The molecule has 0 aliphatic heterocycles. The van der Waals surface area contributed by atoms with Gasteiger partial charge in [-0.3, -0.25) is 0 Å². The Labute approximate surface area is 92.1 Å². The van der Waals surface area contributed by atoms with Gasteiger partial charge < -0.3 is 14.3 Å². The number of hydrogen-bond donors (Lipinski definition) is 1. The molecular formula is C12H12O4. The number of aliphatic hydroxyl groups excluding tert-OH is 1. The summed E-state index contributed by atoms with van der Waals surface area (Å²) in [6.45, 7) is 0. The Morgan fingerprint density at radius 2 is 2.50 bits per heavy atom. The average molecular weight is 220 g/mol. The molecule has 84 valence electrons. The number of carbonyl (C=O) groups excluding carboxylic acids is 1. The van der Waals surface area contributed by atoms with Crippen molar-refractivity contribution in [2.45, 2.75) is 6.42 Å². The van der Waals surface area contributed by atoms with Crippen molar-refractivity contribution in [3.05, 3.63) is 35.1 Å². The second-order valence-corrected chi connectivity index (χ2v) is 3.57. The molecule has 1 aromatic rings. The second kappa shape index (κ2) is 4.26. The molecule has 0 amide bonds. The van der Waals surface area contributed by atoms with E-state index in [1.165, 1.54) is 19.4 Å². The zero-order valence-corrected chi connectivity index (χ0v) is 8.84. The van der Waals surface area contributed by atoms with Crippen LogP contribution in [0, 0.1) is 5.92 Å². The van der Waals surface area contributed by atoms with Gasteiger partial charge in [-0.1, -0.05) is 12.2 Å². The van der Waals surface area contributed by atoms with Crippen molar-refractivity contribution in [1.82, 2.24) is 0 Å². The number of aliphatic hydroxyl groups is 1. The fourth-order valence-corrected chi connectivity index (χ4v) is 1.68. The van der Waals surface area contributed by atoms with Gasteiger partial charge >= 0.3 is 5.97 Å². The van der Waals surface area contributed by atoms with Gasteiger partial charge in [-0.05, 0) is 6.07 Å². The number of carbonyl (C=O) groups is 1. The van der Waals surface area contributed by atoms with E-state index < -0.39 is 5.97 Å². The molecule has 1 unspecified atom stereocenters. The number of methoxy groups -OCH3 is 1. The molecule has 4 heteroatoms. The fourth-order valence-electron chi connectivity index (χ4n) is 1.68. The molecule has 0 bridgehead atoms. The van der Waals surface area contributed by atoms with Gasteiger partial charge in [0.1, 0.15) is 5.76 Å². The van der Waals surface area contributed by atoms with Crippen molar-refractivity contribution in [3.63, 3.8) is 0 Å². The second-order valence-electron chi connectivity index (χ2n) is 3.57. The number of fused-ring (bicyclic) bond motifs is 1. The number of allylic oxidation sites excluding steroid dienone is 1. The summed E-state index contributed by atoms with van der Waals surface area (Å²) in [7, 11) is 1.33. The molecule has 4 nitrogen and oxygen atoms in total. The first-order valence-electron chi connectivity index (χ1n) is 4.94. The standard InChI is InChI=1S/C12H12O4/c1-15-11(14)3-2-8-6-9-4-5-16-12(9)10(13)7-8/h2-6,8,13H,7H2,1H3/b3-2-. The van der Waals surface area contributed by atoms with Crippen molar-refractivity contribution in [1.29, 1.82) is 0 Å². The molecule has 1 N–H and O–H groups in total. The topological polar surface area (TPSA) is 59.7 Å². The van der Waals surface area contributed by atoms with Crippen molar-refractivity contribution in [2.75, 3.05) is 7.11 Å². The highest BCUT2D eigenvalue weighted by Crippen LogP contribution is 2.15. The minimum atomic E-state index is -0.397. The third-order valence-corrected chi connectivity index (χ3v) is 2.46. The minimum Gasteiger partial charge on any atom is -0.508 e. The van der Waals surface area contributed by atoms with Crippen LogP contribution in [-0.4, -0.2) is 18.2 Å². The summed E-state index contributed by atoms with van der Waals surface area (Å²) in [5.41, 5.74) is 0.516. The van der Waals surface area contributed by atoms with E-state index in [-0.39, 0.29) is 11.7 Å². The Morgan fingerprint density at radius 3 is 3.25 bits per heavy atom. The third kappa shape index (κ3) is 2.00. The Kier molecular flexibility index (Phi) is 2.81. The molecular weight excluding hydrogens is 208 g/mol. The number of ether oxygens (including phenoxy) is 1. The average Bonchev–Trinajstić information content (AvgIpc) is 2.74. The zero-order valence-electron chi connectivity index (χ0n) is 8.84. The van der Waals surface area contributed by atoms with Crippen LogP contribution in [0.4, 0.5) is 0 Å². The maximum atomic E-state index is 10.9. The maximum Gasteiger partial charge on any atom is 0.330 e. The van der Waals surface area contributed by atoms with E-state index in [1.54, 1.807) is 12.1 Å². The molecule has 0 aromatic carbocycles. The molecule has 0 spiro atoms. The van der Waals surface area contributed by atoms with Gasteiger partial charge in [-0.25, -0.2) is 4.79 Å². The lowest BCUT2D eigenvalue weighted by atomic mass is 9.98. The molecule has 0 radical (unpaired) electrons. The molecule has 1 aliphatic carbocycles. The SMILES string of the molecule is COC(=O)/C=C\C1C=c2ccoc2=C(O)C1. The number of rotatable bonds is 2. The van der Waals surface area contributed by atoms with E-state index in [4.69, 9.17) is 4.42 Å². The van der Waals surface area contributed by atoms with Crippen LogP contribution >= 0.6 is 0 Å². The van der Waals surface area contributed by atoms with Gasteiger partial charge in [0.15, 0.2) is 5.42 Å². The first-order chi connectivity index (χ1) is 7.70. The van der Waals surface area contributed by atoms with E-state index >= 15 is 0 Å². The van der Waals surface area contributed by atoms with Crippen LogP contribution < -0.4 is 10.6 Å². The first-order valence-corrected chi connectivity index (χ1v) is 4.94. The predicted molar refractivity (Wildman–Crippen MR) is 57.7 cm³/mol. The highest BCUT2D eigenvalue weighted by Gasteiger charge is 2.13. The monoisotopic (exact) mass is 220 g/mol. The van der Waals surface area contributed by atoms with Crippen LogP contribution in [0.5, 0.6) is 0 Å². The number of hydrogen-bond acceptors (Lipinski definition) is 4. The maximum absolute atomic E-state index is 10.9. The van der Waals surface area contributed by atoms with Crippen LogP contribution in [-0.2, 0) is 9.53 Å². The predicted octanol–water partition coefficient (Wildman–Crippen LogP) is 0.475. The van der Waals surface area contributed by atoms with E-state index in [2.05, 4.69) is 4.74 Å². The summed E-state index contributed by atoms with van der Waals surface area (Å²) in [6.07, 6.45) is 6.98. The molecule has 0 fully saturated rings. The van der Waals surface area contributed by atoms with Gasteiger partial charge in [0.05, 0.1) is 13.4 Å². The smallest absolute Gasteiger partial charge is 0.330 e. The van der Waals surface area contributed by atoms with Crippen LogP contribution in [0.1, 0.15) is 6.42 Å². The van der Waals surface area contributed by atoms with Crippen LogP contribution in [0.2, 0.25) is 0 Å². The van der Waals surface area contributed by atoms with Gasteiger partial charge in [0, 0.05) is 23.6 Å². The summed E-state index contributed by atoms with van der Waals surface area (Å²) in [4.78, 5) is 10.9. The van der Waals surface area contributed by atoms with Crippen molar-refractivity contribution in [2.24, 2.45) is 5.92 Å². The van der Waals surface area contributed by atoms with Crippen LogP contribution in [0.15, 0.2) is 28.9 Å². The largest absolute Gasteiger partial charge is 0.508 e. The minimum absolute atomic E-state index is 0.0100. The number of furan rings is 1. The molecule has 1 aromatic heterocycles. The summed E-state index contributed by atoms with van der Waals surface area (Å²) < 4.78 is 9.62. The highest BCUT2D eigenvalue weighted by molar-refractivity contribution is 5.82. The van der Waals surface area contributed by atoms with Crippen molar-refractivity contribution in [3.8, 4) is 0 Å².